The number of alkyl halides is 6. The first-order valence-electron chi connectivity index (χ1n) is 13.0. The molecular formula is C27H32F6N6O. The molecule has 1 aromatic carbocycles. The molecule has 1 aliphatic rings. The molecule has 2 amide bonds. The van der Waals surface area contributed by atoms with Crippen LogP contribution in [-0.4, -0.2) is 39.2 Å². The number of anilines is 1. The molecule has 0 bridgehead atoms. The minimum Gasteiger partial charge on any atom is -0.356 e. The van der Waals surface area contributed by atoms with Gasteiger partial charge >= 0.3 is 18.4 Å². The standard InChI is InChI=1S/C27H32F6N6O/c1-14-21-12-22(24(35-23(21)37-36-14)38(4)15(2)18-7-5-6-8-18)16(3)39(25(34)40)13-17-9-19(26(28,29)30)11-20(10-17)27(31,32)33/h9-12,15-16,18H,5-8,13H2,1-4H3,(H2,34,40)(H,35,36,37). The molecule has 0 spiro atoms. The fraction of sp³-hybridized carbons (Fsp3) is 0.519. The lowest BCUT2D eigenvalue weighted by Gasteiger charge is -2.35. The van der Waals surface area contributed by atoms with Crippen molar-refractivity contribution in [1.29, 1.82) is 0 Å². The minimum absolute atomic E-state index is 0.0541. The maximum Gasteiger partial charge on any atom is 0.416 e. The van der Waals surface area contributed by atoms with E-state index in [1.54, 1.807) is 19.9 Å². The third kappa shape index (κ3) is 5.97. The molecule has 0 radical (unpaired) electrons. The van der Waals surface area contributed by atoms with Gasteiger partial charge in [-0.05, 0) is 69.4 Å². The Labute approximate surface area is 227 Å². The molecule has 40 heavy (non-hydrogen) atoms. The van der Waals surface area contributed by atoms with Crippen LogP contribution in [0.3, 0.4) is 0 Å². The largest absolute Gasteiger partial charge is 0.416 e. The highest BCUT2D eigenvalue weighted by molar-refractivity contribution is 5.82. The molecule has 0 saturated heterocycles. The van der Waals surface area contributed by atoms with Gasteiger partial charge in [-0.1, -0.05) is 12.8 Å². The number of amides is 2. The smallest absolute Gasteiger partial charge is 0.356 e. The molecule has 2 atom stereocenters. The Hall–Kier alpha value is -3.51. The van der Waals surface area contributed by atoms with Crippen LogP contribution in [0.4, 0.5) is 37.0 Å². The number of halogens is 6. The van der Waals surface area contributed by atoms with E-state index in [9.17, 15) is 31.1 Å². The molecule has 1 saturated carbocycles. The third-order valence-corrected chi connectivity index (χ3v) is 7.97. The number of pyridine rings is 1. The second-order valence-corrected chi connectivity index (χ2v) is 10.6. The summed E-state index contributed by atoms with van der Waals surface area (Å²) >= 11 is 0. The number of carbonyl (C=O) groups excluding carboxylic acids is 1. The number of rotatable bonds is 7. The number of aromatic amines is 1. The van der Waals surface area contributed by atoms with Gasteiger partial charge in [0.2, 0.25) is 0 Å². The van der Waals surface area contributed by atoms with Gasteiger partial charge in [-0.25, -0.2) is 9.78 Å². The Kier molecular flexibility index (Phi) is 7.97. The summed E-state index contributed by atoms with van der Waals surface area (Å²) in [6.07, 6.45) is -5.65. The zero-order chi connectivity index (χ0) is 29.6. The Balaban J connectivity index is 1.78. The Morgan fingerprint density at radius 3 is 2.15 bits per heavy atom. The first-order valence-corrected chi connectivity index (χ1v) is 13.0. The molecular weight excluding hydrogens is 538 g/mol. The molecule has 0 aliphatic heterocycles. The second kappa shape index (κ2) is 10.8. The van der Waals surface area contributed by atoms with E-state index in [1.807, 2.05) is 11.9 Å². The van der Waals surface area contributed by atoms with Crippen LogP contribution in [0.25, 0.3) is 11.0 Å². The molecule has 218 valence electrons. The minimum atomic E-state index is -5.01. The van der Waals surface area contributed by atoms with Gasteiger partial charge in [0.25, 0.3) is 0 Å². The van der Waals surface area contributed by atoms with Crippen LogP contribution in [0.1, 0.15) is 73.5 Å². The molecule has 4 rings (SSSR count). The fourth-order valence-corrected chi connectivity index (χ4v) is 5.49. The molecule has 2 heterocycles. The van der Waals surface area contributed by atoms with Crippen molar-refractivity contribution in [2.75, 3.05) is 11.9 Å². The molecule has 1 fully saturated rings. The number of nitrogens with one attached hydrogen (secondary N) is 1. The van der Waals surface area contributed by atoms with Gasteiger partial charge < -0.3 is 15.5 Å². The molecule has 3 aromatic rings. The molecule has 2 aromatic heterocycles. The molecule has 3 N–H and O–H groups in total. The van der Waals surface area contributed by atoms with E-state index in [4.69, 9.17) is 10.7 Å². The van der Waals surface area contributed by atoms with E-state index in [0.717, 1.165) is 30.6 Å². The van der Waals surface area contributed by atoms with Crippen LogP contribution in [0.5, 0.6) is 0 Å². The first-order chi connectivity index (χ1) is 18.6. The number of hydrogen-bond donors (Lipinski definition) is 2. The van der Waals surface area contributed by atoms with Gasteiger partial charge in [-0.3, -0.25) is 5.10 Å². The van der Waals surface area contributed by atoms with Gasteiger partial charge in [0.15, 0.2) is 5.65 Å². The van der Waals surface area contributed by atoms with E-state index in [0.29, 0.717) is 46.2 Å². The number of aryl methyl sites for hydroxylation is 1. The normalized spacial score (nSPS) is 16.4. The van der Waals surface area contributed by atoms with Crippen LogP contribution >= 0.6 is 0 Å². The zero-order valence-corrected chi connectivity index (χ0v) is 22.6. The van der Waals surface area contributed by atoms with Crippen molar-refractivity contribution in [2.24, 2.45) is 11.7 Å². The summed E-state index contributed by atoms with van der Waals surface area (Å²) in [6.45, 7) is 4.93. The van der Waals surface area contributed by atoms with Crippen molar-refractivity contribution in [3.63, 3.8) is 0 Å². The van der Waals surface area contributed by atoms with Crippen molar-refractivity contribution >= 4 is 22.9 Å². The fourth-order valence-electron chi connectivity index (χ4n) is 5.49. The highest BCUT2D eigenvalue weighted by Gasteiger charge is 2.37. The van der Waals surface area contributed by atoms with Gasteiger partial charge in [0.05, 0.1) is 17.2 Å². The van der Waals surface area contributed by atoms with Gasteiger partial charge in [-0.2, -0.15) is 31.4 Å². The molecule has 2 unspecified atom stereocenters. The second-order valence-electron chi connectivity index (χ2n) is 10.6. The molecule has 1 aliphatic carbocycles. The molecule has 13 heteroatoms. The Bertz CT molecular complexity index is 1350. The van der Waals surface area contributed by atoms with Crippen molar-refractivity contribution in [3.05, 3.63) is 52.2 Å². The summed E-state index contributed by atoms with van der Waals surface area (Å²) in [6, 6.07) is 1.30. The number of urea groups is 1. The van der Waals surface area contributed by atoms with Crippen LogP contribution in [0.15, 0.2) is 24.3 Å². The van der Waals surface area contributed by atoms with E-state index in [2.05, 4.69) is 17.1 Å². The SMILES string of the molecule is Cc1[nH]nc2nc(N(C)C(C)C3CCCC3)c(C(C)N(Cc3cc(C(F)(F)F)cc(C(F)(F)F)c3)C(N)=O)cc12. The van der Waals surface area contributed by atoms with E-state index < -0.39 is 42.1 Å². The van der Waals surface area contributed by atoms with Crippen LogP contribution < -0.4 is 10.6 Å². The summed E-state index contributed by atoms with van der Waals surface area (Å²) in [5.41, 5.74) is 4.11. The summed E-state index contributed by atoms with van der Waals surface area (Å²) in [5.74, 6) is 0.932. The van der Waals surface area contributed by atoms with E-state index in [-0.39, 0.29) is 17.7 Å². The van der Waals surface area contributed by atoms with Crippen molar-refractivity contribution in [3.8, 4) is 0 Å². The number of hydrogen-bond acceptors (Lipinski definition) is 4. The van der Waals surface area contributed by atoms with Crippen molar-refractivity contribution < 1.29 is 31.1 Å². The lowest BCUT2D eigenvalue weighted by Crippen LogP contribution is -2.40. The summed E-state index contributed by atoms with van der Waals surface area (Å²) in [5, 5.41) is 7.80. The van der Waals surface area contributed by atoms with E-state index in [1.165, 1.54) is 0 Å². The van der Waals surface area contributed by atoms with Gasteiger partial charge in [0, 0.05) is 36.3 Å². The number of aromatic nitrogens is 3. The van der Waals surface area contributed by atoms with Crippen molar-refractivity contribution in [1.82, 2.24) is 20.1 Å². The highest BCUT2D eigenvalue weighted by Crippen LogP contribution is 2.39. The van der Waals surface area contributed by atoms with E-state index >= 15 is 0 Å². The van der Waals surface area contributed by atoms with Crippen LogP contribution in [0.2, 0.25) is 0 Å². The monoisotopic (exact) mass is 570 g/mol. The topological polar surface area (TPSA) is 91.1 Å². The lowest BCUT2D eigenvalue weighted by atomic mass is 9.97. The predicted molar refractivity (Wildman–Crippen MR) is 138 cm³/mol. The predicted octanol–water partition coefficient (Wildman–Crippen LogP) is 6.96. The maximum absolute atomic E-state index is 13.5. The zero-order valence-electron chi connectivity index (χ0n) is 22.6. The average molecular weight is 571 g/mol. The number of H-pyrrole nitrogens is 1. The summed E-state index contributed by atoms with van der Waals surface area (Å²) < 4.78 is 80.8. The Morgan fingerprint density at radius 1 is 1.05 bits per heavy atom. The molecule has 7 nitrogen and oxygen atoms in total. The van der Waals surface area contributed by atoms with Gasteiger partial charge in [-0.15, -0.1) is 0 Å². The van der Waals surface area contributed by atoms with Crippen molar-refractivity contribution in [2.45, 2.75) is 77.4 Å². The lowest BCUT2D eigenvalue weighted by molar-refractivity contribution is -0.143. The number of nitrogens with zero attached hydrogens (tertiary/aromatic N) is 4. The number of carbonyl (C=O) groups is 1. The summed E-state index contributed by atoms with van der Waals surface area (Å²) in [4.78, 5) is 20.4. The highest BCUT2D eigenvalue weighted by atomic mass is 19.4. The van der Waals surface area contributed by atoms with Crippen LogP contribution in [-0.2, 0) is 18.9 Å². The third-order valence-electron chi connectivity index (χ3n) is 7.97. The number of fused-ring (bicyclic) bond motifs is 1. The van der Waals surface area contributed by atoms with Crippen LogP contribution in [0, 0.1) is 12.8 Å². The summed E-state index contributed by atoms with van der Waals surface area (Å²) in [7, 11) is 1.88. The first kappa shape index (κ1) is 29.5. The Morgan fingerprint density at radius 2 is 1.62 bits per heavy atom. The number of benzene rings is 1. The van der Waals surface area contributed by atoms with Gasteiger partial charge in [0.1, 0.15) is 5.82 Å². The maximum atomic E-state index is 13.5. The quantitative estimate of drug-likeness (QED) is 0.301. The number of nitrogens with two attached hydrogens (primary N) is 1. The average Bonchev–Trinajstić information content (AvgIpc) is 3.54. The number of primary amides is 1.